The van der Waals surface area contributed by atoms with E-state index in [-0.39, 0.29) is 18.4 Å². The normalized spacial score (nSPS) is 12.4. The molecular formula is C22H25FN2O5. The van der Waals surface area contributed by atoms with Crippen LogP contribution in [0.3, 0.4) is 0 Å². The highest BCUT2D eigenvalue weighted by molar-refractivity contribution is 5.90. The Morgan fingerprint density at radius 2 is 1.50 bits per heavy atom. The minimum absolute atomic E-state index is 0.0688. The highest BCUT2D eigenvalue weighted by Gasteiger charge is 2.28. The zero-order chi connectivity index (χ0) is 22.1. The zero-order valence-electron chi connectivity index (χ0n) is 17.1. The molecule has 2 amide bonds. The number of nitrogens with one attached hydrogen (secondary N) is 2. The Kier molecular flexibility index (Phi) is 8.34. The van der Waals surface area contributed by atoms with E-state index in [1.165, 1.54) is 39.3 Å². The number of hydrogen-bond acceptors (Lipinski definition) is 5. The van der Waals surface area contributed by atoms with Gasteiger partial charge < -0.3 is 20.1 Å². The Morgan fingerprint density at radius 3 is 2.10 bits per heavy atom. The van der Waals surface area contributed by atoms with Crippen LogP contribution in [0.1, 0.15) is 18.1 Å². The standard InChI is InChI=1S/C22H25FN2O5/c1-14(26)24-18(12-15-8-4-6-10-17(15)23)21(27)25-19(22(28)30-3)13-16-9-5-7-11-20(16)29-2/h4-11,18-19H,12-13H2,1-3H3,(H,24,26)(H,25,27)/t18-,19+/m1/s1. The fourth-order valence-corrected chi connectivity index (χ4v) is 3.04. The van der Waals surface area contributed by atoms with Gasteiger partial charge >= 0.3 is 5.97 Å². The number of para-hydroxylation sites is 1. The fraction of sp³-hybridized carbons (Fsp3) is 0.318. The number of ether oxygens (including phenoxy) is 2. The number of benzene rings is 2. The third-order valence-corrected chi connectivity index (χ3v) is 4.49. The summed E-state index contributed by atoms with van der Waals surface area (Å²) in [5.41, 5.74) is 0.964. The second kappa shape index (κ2) is 10.9. The number of rotatable bonds is 9. The molecule has 0 aliphatic heterocycles. The van der Waals surface area contributed by atoms with E-state index >= 15 is 0 Å². The average Bonchev–Trinajstić information content (AvgIpc) is 2.73. The van der Waals surface area contributed by atoms with E-state index in [1.807, 2.05) is 0 Å². The smallest absolute Gasteiger partial charge is 0.328 e. The highest BCUT2D eigenvalue weighted by atomic mass is 19.1. The van der Waals surface area contributed by atoms with Crippen LogP contribution < -0.4 is 15.4 Å². The highest BCUT2D eigenvalue weighted by Crippen LogP contribution is 2.19. The lowest BCUT2D eigenvalue weighted by Crippen LogP contribution is -2.53. The molecule has 0 heterocycles. The number of halogens is 1. The van der Waals surface area contributed by atoms with E-state index in [0.717, 1.165) is 0 Å². The first-order chi connectivity index (χ1) is 14.3. The summed E-state index contributed by atoms with van der Waals surface area (Å²) in [5.74, 6) is -1.66. The lowest BCUT2D eigenvalue weighted by molar-refractivity contribution is -0.145. The van der Waals surface area contributed by atoms with Crippen molar-refractivity contribution in [2.45, 2.75) is 31.8 Å². The molecule has 2 rings (SSSR count). The van der Waals surface area contributed by atoms with Crippen molar-refractivity contribution in [1.82, 2.24) is 10.6 Å². The topological polar surface area (TPSA) is 93.7 Å². The van der Waals surface area contributed by atoms with Crippen LogP contribution in [0, 0.1) is 5.82 Å². The maximum absolute atomic E-state index is 14.0. The van der Waals surface area contributed by atoms with Gasteiger partial charge in [-0.3, -0.25) is 9.59 Å². The number of carbonyl (C=O) groups is 3. The van der Waals surface area contributed by atoms with Crippen molar-refractivity contribution in [3.63, 3.8) is 0 Å². The molecule has 2 atom stereocenters. The number of esters is 1. The molecule has 2 N–H and O–H groups in total. The van der Waals surface area contributed by atoms with Crippen molar-refractivity contribution >= 4 is 17.8 Å². The zero-order valence-corrected chi connectivity index (χ0v) is 17.1. The van der Waals surface area contributed by atoms with Gasteiger partial charge in [-0.1, -0.05) is 36.4 Å². The molecule has 0 aliphatic rings. The number of carbonyl (C=O) groups excluding carboxylic acids is 3. The van der Waals surface area contributed by atoms with Crippen LogP contribution in [-0.2, 0) is 32.0 Å². The van der Waals surface area contributed by atoms with Gasteiger partial charge in [0.15, 0.2) is 0 Å². The van der Waals surface area contributed by atoms with Gasteiger partial charge in [-0.25, -0.2) is 9.18 Å². The molecule has 30 heavy (non-hydrogen) atoms. The molecule has 160 valence electrons. The Bertz CT molecular complexity index is 903. The van der Waals surface area contributed by atoms with Gasteiger partial charge in [0.25, 0.3) is 0 Å². The van der Waals surface area contributed by atoms with Gasteiger partial charge in [0.1, 0.15) is 23.7 Å². The predicted molar refractivity (Wildman–Crippen MR) is 108 cm³/mol. The van der Waals surface area contributed by atoms with Crippen LogP contribution in [0.25, 0.3) is 0 Å². The SMILES string of the molecule is COC(=O)[C@H](Cc1ccccc1OC)NC(=O)[C@@H](Cc1ccccc1F)NC(C)=O. The Morgan fingerprint density at radius 1 is 0.900 bits per heavy atom. The summed E-state index contributed by atoms with van der Waals surface area (Å²) in [7, 11) is 2.72. The first kappa shape index (κ1) is 22.9. The Balaban J connectivity index is 2.22. The Hall–Kier alpha value is -3.42. The van der Waals surface area contributed by atoms with E-state index in [1.54, 1.807) is 30.3 Å². The van der Waals surface area contributed by atoms with Crippen LogP contribution in [0.5, 0.6) is 5.75 Å². The van der Waals surface area contributed by atoms with Crippen LogP contribution in [0.4, 0.5) is 4.39 Å². The minimum Gasteiger partial charge on any atom is -0.496 e. The molecule has 0 aliphatic carbocycles. The lowest BCUT2D eigenvalue weighted by atomic mass is 10.0. The lowest BCUT2D eigenvalue weighted by Gasteiger charge is -2.22. The molecule has 2 aromatic carbocycles. The van der Waals surface area contributed by atoms with Gasteiger partial charge in [-0.05, 0) is 23.3 Å². The van der Waals surface area contributed by atoms with Crippen molar-refractivity contribution in [2.75, 3.05) is 14.2 Å². The third-order valence-electron chi connectivity index (χ3n) is 4.49. The second-order valence-corrected chi connectivity index (χ2v) is 6.65. The summed E-state index contributed by atoms with van der Waals surface area (Å²) >= 11 is 0. The minimum atomic E-state index is -1.07. The van der Waals surface area contributed by atoms with Crippen molar-refractivity contribution in [1.29, 1.82) is 0 Å². The van der Waals surface area contributed by atoms with Crippen molar-refractivity contribution in [2.24, 2.45) is 0 Å². The van der Waals surface area contributed by atoms with Crippen molar-refractivity contribution < 1.29 is 28.2 Å². The summed E-state index contributed by atoms with van der Waals surface area (Å²) in [6, 6.07) is 11.0. The van der Waals surface area contributed by atoms with E-state index in [2.05, 4.69) is 10.6 Å². The molecule has 8 heteroatoms. The molecule has 0 unspecified atom stereocenters. The van der Waals surface area contributed by atoms with Gasteiger partial charge in [0.05, 0.1) is 14.2 Å². The van der Waals surface area contributed by atoms with Crippen molar-refractivity contribution in [3.8, 4) is 5.75 Å². The predicted octanol–water partition coefficient (Wildman–Crippen LogP) is 1.78. The summed E-state index contributed by atoms with van der Waals surface area (Å²) < 4.78 is 24.1. The average molecular weight is 416 g/mol. The van der Waals surface area contributed by atoms with E-state index in [0.29, 0.717) is 11.3 Å². The van der Waals surface area contributed by atoms with Crippen LogP contribution in [-0.4, -0.2) is 44.1 Å². The number of amides is 2. The van der Waals surface area contributed by atoms with Crippen LogP contribution in [0.2, 0.25) is 0 Å². The van der Waals surface area contributed by atoms with Crippen LogP contribution in [0.15, 0.2) is 48.5 Å². The van der Waals surface area contributed by atoms with Gasteiger partial charge in [-0.2, -0.15) is 0 Å². The Labute approximate surface area is 174 Å². The van der Waals surface area contributed by atoms with E-state index < -0.39 is 35.7 Å². The molecule has 0 radical (unpaired) electrons. The molecule has 0 saturated carbocycles. The summed E-state index contributed by atoms with van der Waals surface area (Å²) in [4.78, 5) is 36.8. The van der Waals surface area contributed by atoms with Crippen LogP contribution >= 0.6 is 0 Å². The molecular weight excluding hydrogens is 391 g/mol. The summed E-state index contributed by atoms with van der Waals surface area (Å²) in [6.45, 7) is 1.26. The number of methoxy groups -OCH3 is 2. The van der Waals surface area contributed by atoms with Gasteiger partial charge in [0, 0.05) is 19.8 Å². The first-order valence-electron chi connectivity index (χ1n) is 9.36. The van der Waals surface area contributed by atoms with E-state index in [9.17, 15) is 18.8 Å². The molecule has 0 fully saturated rings. The quantitative estimate of drug-likeness (QED) is 0.608. The summed E-state index contributed by atoms with van der Waals surface area (Å²) in [6.07, 6.45) is 0.0511. The molecule has 0 aromatic heterocycles. The third kappa shape index (κ3) is 6.30. The van der Waals surface area contributed by atoms with Gasteiger partial charge in [0.2, 0.25) is 11.8 Å². The second-order valence-electron chi connectivity index (χ2n) is 6.65. The first-order valence-corrected chi connectivity index (χ1v) is 9.36. The molecule has 0 saturated heterocycles. The van der Waals surface area contributed by atoms with Crippen molar-refractivity contribution in [3.05, 3.63) is 65.5 Å². The molecule has 0 spiro atoms. The monoisotopic (exact) mass is 416 g/mol. The summed E-state index contributed by atoms with van der Waals surface area (Å²) in [5, 5.41) is 5.12. The molecule has 0 bridgehead atoms. The largest absolute Gasteiger partial charge is 0.496 e. The fourth-order valence-electron chi connectivity index (χ4n) is 3.04. The number of hydrogen-bond donors (Lipinski definition) is 2. The van der Waals surface area contributed by atoms with E-state index in [4.69, 9.17) is 9.47 Å². The maximum Gasteiger partial charge on any atom is 0.328 e. The molecule has 2 aromatic rings. The van der Waals surface area contributed by atoms with Gasteiger partial charge in [-0.15, -0.1) is 0 Å². The molecule has 7 nitrogen and oxygen atoms in total. The maximum atomic E-state index is 14.0.